The third kappa shape index (κ3) is 3.23. The van der Waals surface area contributed by atoms with Gasteiger partial charge >= 0.3 is 0 Å². The maximum Gasteiger partial charge on any atom is 0.249 e. The van der Waals surface area contributed by atoms with Crippen LogP contribution in [0.1, 0.15) is 24.8 Å². The molecule has 3 aromatic rings. The first-order valence-electron chi connectivity index (χ1n) is 9.28. The summed E-state index contributed by atoms with van der Waals surface area (Å²) in [7, 11) is -3.77. The Morgan fingerprint density at radius 2 is 1.93 bits per heavy atom. The number of benzene rings is 1. The molecule has 9 nitrogen and oxygen atoms in total. The molecule has 0 saturated carbocycles. The summed E-state index contributed by atoms with van der Waals surface area (Å²) in [4.78, 5) is 4.19. The van der Waals surface area contributed by atoms with Crippen molar-refractivity contribution in [3.63, 3.8) is 0 Å². The van der Waals surface area contributed by atoms with Crippen LogP contribution in [-0.2, 0) is 10.0 Å². The predicted molar refractivity (Wildman–Crippen MR) is 101 cm³/mol. The van der Waals surface area contributed by atoms with E-state index in [-0.39, 0.29) is 10.8 Å². The average molecular weight is 414 g/mol. The molecule has 2 aromatic heterocycles. The SMILES string of the molecule is O=S(=O)(c1ccc2c(c1)OCCO2)N1CCC[C@@H]1c1nnc(-c2cccnc2)o1. The second-order valence-electron chi connectivity index (χ2n) is 6.77. The molecule has 1 saturated heterocycles. The van der Waals surface area contributed by atoms with Gasteiger partial charge in [0, 0.05) is 25.0 Å². The van der Waals surface area contributed by atoms with Crippen molar-refractivity contribution in [1.82, 2.24) is 19.5 Å². The maximum atomic E-state index is 13.3. The van der Waals surface area contributed by atoms with E-state index in [2.05, 4.69) is 15.2 Å². The van der Waals surface area contributed by atoms with Gasteiger partial charge < -0.3 is 13.9 Å². The molecule has 0 amide bonds. The van der Waals surface area contributed by atoms with Gasteiger partial charge in [0.2, 0.25) is 21.8 Å². The summed E-state index contributed by atoms with van der Waals surface area (Å²) in [6.07, 6.45) is 4.59. The van der Waals surface area contributed by atoms with Gasteiger partial charge in [0.15, 0.2) is 11.5 Å². The Morgan fingerprint density at radius 1 is 1.07 bits per heavy atom. The van der Waals surface area contributed by atoms with Gasteiger partial charge in [0.05, 0.1) is 10.5 Å². The van der Waals surface area contributed by atoms with Crippen LogP contribution in [-0.4, -0.2) is 47.7 Å². The number of aromatic nitrogens is 3. The molecule has 0 aliphatic carbocycles. The summed E-state index contributed by atoms with van der Waals surface area (Å²) in [5.41, 5.74) is 0.686. The van der Waals surface area contributed by atoms with E-state index in [9.17, 15) is 8.42 Å². The van der Waals surface area contributed by atoms with E-state index in [1.807, 2.05) is 6.07 Å². The van der Waals surface area contributed by atoms with E-state index in [1.165, 1.54) is 16.4 Å². The normalized spacial score (nSPS) is 19.4. The van der Waals surface area contributed by atoms with Crippen LogP contribution >= 0.6 is 0 Å². The summed E-state index contributed by atoms with van der Waals surface area (Å²) in [5, 5.41) is 8.17. The molecule has 4 heterocycles. The van der Waals surface area contributed by atoms with Crippen molar-refractivity contribution < 1.29 is 22.3 Å². The molecular formula is C19H18N4O5S. The fourth-order valence-electron chi connectivity index (χ4n) is 3.57. The molecule has 1 atom stereocenters. The third-order valence-corrected chi connectivity index (χ3v) is 6.86. The van der Waals surface area contributed by atoms with E-state index in [0.29, 0.717) is 55.6 Å². The van der Waals surface area contributed by atoms with Crippen LogP contribution in [0.3, 0.4) is 0 Å². The molecule has 0 radical (unpaired) electrons. The highest BCUT2D eigenvalue weighted by atomic mass is 32.2. The molecule has 10 heteroatoms. The second kappa shape index (κ2) is 7.12. The predicted octanol–water partition coefficient (Wildman–Crippen LogP) is 2.43. The Balaban J connectivity index is 1.45. The zero-order valence-corrected chi connectivity index (χ0v) is 16.2. The highest BCUT2D eigenvalue weighted by Gasteiger charge is 2.39. The maximum absolute atomic E-state index is 13.3. The number of sulfonamides is 1. The molecule has 0 unspecified atom stereocenters. The van der Waals surface area contributed by atoms with E-state index in [1.54, 1.807) is 24.5 Å². The van der Waals surface area contributed by atoms with Crippen LogP contribution in [0, 0.1) is 0 Å². The second-order valence-corrected chi connectivity index (χ2v) is 8.66. The van der Waals surface area contributed by atoms with Crippen LogP contribution < -0.4 is 9.47 Å². The Hall–Kier alpha value is -2.98. The number of pyridine rings is 1. The van der Waals surface area contributed by atoms with Crippen LogP contribution in [0.4, 0.5) is 0 Å². The van der Waals surface area contributed by atoms with Crippen molar-refractivity contribution in [1.29, 1.82) is 0 Å². The fraction of sp³-hybridized carbons (Fsp3) is 0.316. The average Bonchev–Trinajstić information content (AvgIpc) is 3.44. The van der Waals surface area contributed by atoms with E-state index >= 15 is 0 Å². The van der Waals surface area contributed by atoms with E-state index in [0.717, 1.165) is 0 Å². The van der Waals surface area contributed by atoms with Gasteiger partial charge in [0.25, 0.3) is 0 Å². The van der Waals surface area contributed by atoms with Crippen LogP contribution in [0.5, 0.6) is 11.5 Å². The zero-order chi connectivity index (χ0) is 19.8. The van der Waals surface area contributed by atoms with Crippen LogP contribution in [0.25, 0.3) is 11.5 Å². The van der Waals surface area contributed by atoms with Crippen molar-refractivity contribution in [3.8, 4) is 23.0 Å². The van der Waals surface area contributed by atoms with Gasteiger partial charge in [-0.05, 0) is 37.1 Å². The smallest absolute Gasteiger partial charge is 0.249 e. The van der Waals surface area contributed by atoms with Gasteiger partial charge in [-0.15, -0.1) is 10.2 Å². The standard InChI is InChI=1S/C19H18N4O5S/c24-29(25,14-5-6-16-17(11-14)27-10-9-26-16)23-8-2-4-15(23)19-22-21-18(28-19)13-3-1-7-20-12-13/h1,3,5-7,11-12,15H,2,4,8-10H2/t15-/m1/s1. The molecule has 2 aliphatic heterocycles. The molecule has 150 valence electrons. The largest absolute Gasteiger partial charge is 0.486 e. The summed E-state index contributed by atoms with van der Waals surface area (Å²) < 4.78 is 44.8. The molecule has 0 spiro atoms. The lowest BCUT2D eigenvalue weighted by Crippen LogP contribution is -2.31. The molecule has 1 fully saturated rings. The first-order valence-corrected chi connectivity index (χ1v) is 10.7. The monoisotopic (exact) mass is 414 g/mol. The fourth-order valence-corrected chi connectivity index (χ4v) is 5.24. The third-order valence-electron chi connectivity index (χ3n) is 4.96. The minimum Gasteiger partial charge on any atom is -0.486 e. The Bertz CT molecular complexity index is 1130. The van der Waals surface area contributed by atoms with Crippen molar-refractivity contribution in [3.05, 3.63) is 48.6 Å². The van der Waals surface area contributed by atoms with Crippen LogP contribution in [0.15, 0.2) is 52.0 Å². The van der Waals surface area contributed by atoms with Crippen LogP contribution in [0.2, 0.25) is 0 Å². The van der Waals surface area contributed by atoms with Gasteiger partial charge in [-0.3, -0.25) is 4.98 Å². The molecule has 0 bridgehead atoms. The molecule has 29 heavy (non-hydrogen) atoms. The zero-order valence-electron chi connectivity index (χ0n) is 15.4. The van der Waals surface area contributed by atoms with Gasteiger partial charge in [0.1, 0.15) is 19.3 Å². The van der Waals surface area contributed by atoms with Gasteiger partial charge in [-0.2, -0.15) is 4.31 Å². The Kier molecular flexibility index (Phi) is 4.44. The van der Waals surface area contributed by atoms with Gasteiger partial charge in [-0.1, -0.05) is 0 Å². The van der Waals surface area contributed by atoms with Crippen molar-refractivity contribution in [2.24, 2.45) is 0 Å². The number of ether oxygens (including phenoxy) is 2. The number of hydrogen-bond acceptors (Lipinski definition) is 8. The first-order chi connectivity index (χ1) is 14.1. The number of rotatable bonds is 4. The van der Waals surface area contributed by atoms with Crippen molar-refractivity contribution in [2.75, 3.05) is 19.8 Å². The summed E-state index contributed by atoms with van der Waals surface area (Å²) >= 11 is 0. The van der Waals surface area contributed by atoms with E-state index < -0.39 is 16.1 Å². The summed E-state index contributed by atoms with van der Waals surface area (Å²) in [6.45, 7) is 1.22. The van der Waals surface area contributed by atoms with Gasteiger partial charge in [-0.25, -0.2) is 8.42 Å². The summed E-state index contributed by atoms with van der Waals surface area (Å²) in [5.74, 6) is 1.58. The highest BCUT2D eigenvalue weighted by molar-refractivity contribution is 7.89. The number of hydrogen-bond donors (Lipinski definition) is 0. The van der Waals surface area contributed by atoms with Crippen molar-refractivity contribution in [2.45, 2.75) is 23.8 Å². The molecular weight excluding hydrogens is 396 g/mol. The lowest BCUT2D eigenvalue weighted by atomic mass is 10.2. The topological polar surface area (TPSA) is 108 Å². The number of fused-ring (bicyclic) bond motifs is 1. The molecule has 1 aromatic carbocycles. The van der Waals surface area contributed by atoms with Crippen molar-refractivity contribution >= 4 is 10.0 Å². The lowest BCUT2D eigenvalue weighted by molar-refractivity contribution is 0.171. The number of nitrogens with zero attached hydrogens (tertiary/aromatic N) is 4. The highest BCUT2D eigenvalue weighted by Crippen LogP contribution is 2.39. The minimum atomic E-state index is -3.77. The summed E-state index contributed by atoms with van der Waals surface area (Å²) in [6, 6.07) is 7.74. The minimum absolute atomic E-state index is 0.153. The molecule has 0 N–H and O–H groups in total. The Labute approximate surface area is 167 Å². The van der Waals surface area contributed by atoms with E-state index in [4.69, 9.17) is 13.9 Å². The molecule has 5 rings (SSSR count). The lowest BCUT2D eigenvalue weighted by Gasteiger charge is -2.23. The first kappa shape index (κ1) is 18.1. The quantitative estimate of drug-likeness (QED) is 0.641. The Morgan fingerprint density at radius 3 is 2.76 bits per heavy atom. The molecule has 2 aliphatic rings.